The average Bonchev–Trinajstić information content (AvgIpc) is 2.24. The third-order valence-corrected chi connectivity index (χ3v) is 7.20. The van der Waals surface area contributed by atoms with Gasteiger partial charge in [-0.15, -0.1) is 0 Å². The van der Waals surface area contributed by atoms with Crippen LogP contribution in [0.2, 0.25) is 0 Å². The molecule has 0 aromatic heterocycles. The van der Waals surface area contributed by atoms with Crippen LogP contribution in [-0.4, -0.2) is 27.3 Å². The van der Waals surface area contributed by atoms with Crippen molar-refractivity contribution >= 4 is 31.8 Å². The van der Waals surface area contributed by atoms with Gasteiger partial charge in [0, 0.05) is 0 Å². The molecule has 0 saturated carbocycles. The van der Waals surface area contributed by atoms with Crippen molar-refractivity contribution in [3.63, 3.8) is 0 Å². The topological polar surface area (TPSA) is 0 Å². The fraction of sp³-hybridized carbons (Fsp3) is 0.571. The van der Waals surface area contributed by atoms with Gasteiger partial charge >= 0.3 is 112 Å². The Hall–Kier alpha value is 0.259. The van der Waals surface area contributed by atoms with Crippen LogP contribution in [0.25, 0.3) is 0 Å². The van der Waals surface area contributed by atoms with E-state index in [1.165, 1.54) is 17.3 Å². The van der Waals surface area contributed by atoms with Gasteiger partial charge in [-0.1, -0.05) is 0 Å². The second kappa shape index (κ2) is 4.18. The van der Waals surface area contributed by atoms with Crippen LogP contribution >= 0.6 is 0 Å². The average molecular weight is 346 g/mol. The summed E-state index contributed by atoms with van der Waals surface area (Å²) >= 11 is 3.29. The van der Waals surface area contributed by atoms with Crippen molar-refractivity contribution in [2.24, 2.45) is 0 Å². The summed E-state index contributed by atoms with van der Waals surface area (Å²) in [4.78, 5) is 0. The Kier molecular flexibility index (Phi) is 3.32. The van der Waals surface area contributed by atoms with E-state index in [9.17, 15) is 0 Å². The standard InChI is InChI=1S/C14H20Se2/c1-13(2)7-8-14(3,4)12-9-10(16-15)5-6-11(12)13/h5-6,9,15H,7-8H2,1-4H3. The summed E-state index contributed by atoms with van der Waals surface area (Å²) in [7, 11) is 0. The maximum atomic E-state index is 2.74. The molecule has 0 aliphatic heterocycles. The molecule has 0 heterocycles. The molecule has 0 nitrogen and oxygen atoms in total. The van der Waals surface area contributed by atoms with Gasteiger partial charge in [-0.25, -0.2) is 0 Å². The van der Waals surface area contributed by atoms with Crippen molar-refractivity contribution in [1.82, 2.24) is 0 Å². The van der Waals surface area contributed by atoms with Gasteiger partial charge in [0.05, 0.1) is 0 Å². The molecule has 0 unspecified atom stereocenters. The predicted molar refractivity (Wildman–Crippen MR) is 74.3 cm³/mol. The van der Waals surface area contributed by atoms with Crippen LogP contribution in [0.5, 0.6) is 0 Å². The molecule has 88 valence electrons. The summed E-state index contributed by atoms with van der Waals surface area (Å²) in [6.07, 6.45) is 2.61. The molecule has 1 aliphatic rings. The Labute approximate surface area is 112 Å². The van der Waals surface area contributed by atoms with Crippen molar-refractivity contribution in [3.8, 4) is 0 Å². The van der Waals surface area contributed by atoms with Crippen LogP contribution in [0.4, 0.5) is 0 Å². The van der Waals surface area contributed by atoms with Crippen LogP contribution in [-0.2, 0) is 10.8 Å². The van der Waals surface area contributed by atoms with Crippen molar-refractivity contribution in [1.29, 1.82) is 0 Å². The number of fused-ring (bicyclic) bond motifs is 1. The van der Waals surface area contributed by atoms with Crippen LogP contribution in [0.15, 0.2) is 18.2 Å². The van der Waals surface area contributed by atoms with E-state index in [2.05, 4.69) is 60.1 Å². The Morgan fingerprint density at radius 2 is 1.56 bits per heavy atom. The fourth-order valence-electron chi connectivity index (χ4n) is 2.62. The minimum atomic E-state index is 0.360. The van der Waals surface area contributed by atoms with E-state index < -0.39 is 0 Å². The summed E-state index contributed by atoms with van der Waals surface area (Å²) in [5.74, 6) is 0. The fourth-order valence-corrected chi connectivity index (χ4v) is 4.49. The zero-order chi connectivity index (χ0) is 12.0. The van der Waals surface area contributed by atoms with Gasteiger partial charge in [0.1, 0.15) is 0 Å². The number of benzene rings is 1. The molecule has 2 rings (SSSR count). The Morgan fingerprint density at radius 3 is 2.12 bits per heavy atom. The summed E-state index contributed by atoms with van der Waals surface area (Å²) < 4.78 is 1.51. The molecule has 0 radical (unpaired) electrons. The van der Waals surface area contributed by atoms with E-state index in [-0.39, 0.29) is 0 Å². The molecule has 16 heavy (non-hydrogen) atoms. The molecule has 0 spiro atoms. The molecule has 0 fully saturated rings. The first-order chi connectivity index (χ1) is 7.37. The first kappa shape index (κ1) is 12.7. The molecule has 0 bridgehead atoms. The number of rotatable bonds is 1. The van der Waals surface area contributed by atoms with Crippen molar-refractivity contribution in [2.75, 3.05) is 0 Å². The van der Waals surface area contributed by atoms with Gasteiger partial charge in [-0.05, 0) is 0 Å². The SMILES string of the molecule is CC1(C)CCC(C)(C)c2cc([Se][SeH])ccc21. The van der Waals surface area contributed by atoms with Crippen LogP contribution in [0, 0.1) is 0 Å². The number of hydrogen-bond acceptors (Lipinski definition) is 0. The minimum absolute atomic E-state index is 0.360. The van der Waals surface area contributed by atoms with E-state index >= 15 is 0 Å². The molecule has 1 aliphatic carbocycles. The zero-order valence-electron chi connectivity index (χ0n) is 10.5. The van der Waals surface area contributed by atoms with Crippen LogP contribution < -0.4 is 4.46 Å². The molecule has 0 atom stereocenters. The molecule has 0 N–H and O–H groups in total. The second-order valence-corrected chi connectivity index (χ2v) is 9.43. The predicted octanol–water partition coefficient (Wildman–Crippen LogP) is 2.18. The third kappa shape index (κ3) is 2.14. The summed E-state index contributed by atoms with van der Waals surface area (Å²) in [5, 5.41) is 0. The van der Waals surface area contributed by atoms with E-state index in [1.54, 1.807) is 11.1 Å². The van der Waals surface area contributed by atoms with Crippen molar-refractivity contribution in [2.45, 2.75) is 51.4 Å². The number of hydrogen-bond donors (Lipinski definition) is 0. The van der Waals surface area contributed by atoms with Crippen LogP contribution in [0.1, 0.15) is 51.7 Å². The molecule has 1 aromatic rings. The molecule has 0 saturated heterocycles. The second-order valence-electron chi connectivity index (χ2n) is 6.07. The van der Waals surface area contributed by atoms with Gasteiger partial charge < -0.3 is 0 Å². The van der Waals surface area contributed by atoms with Gasteiger partial charge in [0.15, 0.2) is 0 Å². The Morgan fingerprint density at radius 1 is 1.00 bits per heavy atom. The molecule has 1 aromatic carbocycles. The summed E-state index contributed by atoms with van der Waals surface area (Å²) in [6, 6.07) is 7.15. The van der Waals surface area contributed by atoms with E-state index in [4.69, 9.17) is 0 Å². The summed E-state index contributed by atoms with van der Waals surface area (Å²) in [5.41, 5.74) is 3.89. The normalized spacial score (nSPS) is 21.6. The zero-order valence-corrected chi connectivity index (χ0v) is 14.1. The third-order valence-electron chi connectivity index (χ3n) is 3.93. The van der Waals surface area contributed by atoms with Crippen molar-refractivity contribution < 1.29 is 0 Å². The molecule has 2 heteroatoms. The first-order valence-corrected chi connectivity index (χ1v) is 11.4. The maximum absolute atomic E-state index is 2.74. The first-order valence-electron chi connectivity index (χ1n) is 5.83. The summed E-state index contributed by atoms with van der Waals surface area (Å²) in [6.45, 7) is 9.55. The van der Waals surface area contributed by atoms with Gasteiger partial charge in [0.2, 0.25) is 0 Å². The van der Waals surface area contributed by atoms with E-state index in [0.29, 0.717) is 24.0 Å². The Balaban J connectivity index is 2.60. The van der Waals surface area contributed by atoms with Crippen molar-refractivity contribution in [3.05, 3.63) is 29.3 Å². The molecule has 0 amide bonds. The van der Waals surface area contributed by atoms with E-state index in [0.717, 1.165) is 0 Å². The van der Waals surface area contributed by atoms with Gasteiger partial charge in [-0.3, -0.25) is 0 Å². The van der Waals surface area contributed by atoms with Gasteiger partial charge in [0.25, 0.3) is 0 Å². The van der Waals surface area contributed by atoms with Gasteiger partial charge in [-0.2, -0.15) is 0 Å². The molecular formula is C14H20Se2. The van der Waals surface area contributed by atoms with Crippen LogP contribution in [0.3, 0.4) is 0 Å². The quantitative estimate of drug-likeness (QED) is 0.684. The van der Waals surface area contributed by atoms with E-state index in [1.807, 2.05) is 0 Å². The molecular weight excluding hydrogens is 326 g/mol. The monoisotopic (exact) mass is 348 g/mol. The Bertz CT molecular complexity index is 405.